The molecular formula is C14H16FeO2. The monoisotopic (exact) mass is 272 g/mol. The van der Waals surface area contributed by atoms with E-state index in [-0.39, 0.29) is 28.9 Å². The molecule has 0 saturated carbocycles. The Balaban J connectivity index is 0.000000284. The molecule has 1 aliphatic carbocycles. The SMILES string of the molecule is CC(O)c1ccc[cH-]1.CC([O-])=C1C=CC=C1.[Fe+2]. The van der Waals surface area contributed by atoms with Crippen molar-refractivity contribution < 1.29 is 27.3 Å². The van der Waals surface area contributed by atoms with Crippen molar-refractivity contribution in [3.05, 3.63) is 65.5 Å². The van der Waals surface area contributed by atoms with E-state index in [0.29, 0.717) is 0 Å². The summed E-state index contributed by atoms with van der Waals surface area (Å²) in [7, 11) is 0. The molecule has 0 fully saturated rings. The topological polar surface area (TPSA) is 43.3 Å². The number of allylic oxidation sites excluding steroid dienone is 6. The average Bonchev–Trinajstić information content (AvgIpc) is 2.93. The molecule has 0 bridgehead atoms. The Morgan fingerprint density at radius 2 is 1.94 bits per heavy atom. The summed E-state index contributed by atoms with van der Waals surface area (Å²) in [6.45, 7) is 3.32. The molecule has 1 unspecified atom stereocenters. The fourth-order valence-corrected chi connectivity index (χ4v) is 1.28. The number of aliphatic hydroxyl groups excluding tert-OH is 1. The number of hydrogen-bond acceptors (Lipinski definition) is 2. The maximum Gasteiger partial charge on any atom is 2.00 e. The molecule has 2 rings (SSSR count). The number of hydrogen-bond donors (Lipinski definition) is 1. The zero-order chi connectivity index (χ0) is 12.0. The smallest absolute Gasteiger partial charge is 0.875 e. The van der Waals surface area contributed by atoms with E-state index < -0.39 is 0 Å². The van der Waals surface area contributed by atoms with Crippen molar-refractivity contribution in [1.82, 2.24) is 0 Å². The van der Waals surface area contributed by atoms with Gasteiger partial charge in [0.15, 0.2) is 0 Å². The fraction of sp³-hybridized carbons (Fsp3) is 0.214. The molecule has 1 atom stereocenters. The van der Waals surface area contributed by atoms with Crippen molar-refractivity contribution in [2.45, 2.75) is 20.0 Å². The summed E-state index contributed by atoms with van der Waals surface area (Å²) in [5.74, 6) is 0.134. The van der Waals surface area contributed by atoms with Crippen molar-refractivity contribution >= 4 is 0 Å². The summed E-state index contributed by atoms with van der Waals surface area (Å²) in [4.78, 5) is 0. The molecule has 2 nitrogen and oxygen atoms in total. The third-order valence-corrected chi connectivity index (χ3v) is 2.24. The summed E-state index contributed by atoms with van der Waals surface area (Å²) in [5, 5.41) is 19.4. The van der Waals surface area contributed by atoms with E-state index in [1.165, 1.54) is 0 Å². The molecule has 0 amide bonds. The maximum atomic E-state index is 10.5. The van der Waals surface area contributed by atoms with Crippen LogP contribution in [0.5, 0.6) is 0 Å². The van der Waals surface area contributed by atoms with Crippen LogP contribution in [-0.2, 0) is 17.1 Å². The minimum absolute atomic E-state index is 0. The van der Waals surface area contributed by atoms with Crippen LogP contribution in [0.15, 0.2) is 59.9 Å². The van der Waals surface area contributed by atoms with Gasteiger partial charge in [0.2, 0.25) is 0 Å². The molecule has 0 aromatic heterocycles. The van der Waals surface area contributed by atoms with Gasteiger partial charge in [0.25, 0.3) is 0 Å². The van der Waals surface area contributed by atoms with Crippen LogP contribution in [0, 0.1) is 0 Å². The Labute approximate surface area is 113 Å². The van der Waals surface area contributed by atoms with Gasteiger partial charge in [0, 0.05) is 0 Å². The van der Waals surface area contributed by atoms with E-state index in [9.17, 15) is 5.11 Å². The largest absolute Gasteiger partial charge is 2.00 e. The first kappa shape index (κ1) is 15.8. The zero-order valence-corrected chi connectivity index (χ0v) is 11.0. The summed E-state index contributed by atoms with van der Waals surface area (Å²) >= 11 is 0. The number of aliphatic hydroxyl groups is 1. The van der Waals surface area contributed by atoms with Crippen LogP contribution in [0.3, 0.4) is 0 Å². The quantitative estimate of drug-likeness (QED) is 0.484. The van der Waals surface area contributed by atoms with Crippen LogP contribution in [0.4, 0.5) is 0 Å². The van der Waals surface area contributed by atoms with Gasteiger partial charge in [-0.15, -0.1) is 11.3 Å². The maximum absolute atomic E-state index is 10.5. The fourth-order valence-electron chi connectivity index (χ4n) is 1.28. The third-order valence-electron chi connectivity index (χ3n) is 2.24. The summed E-state index contributed by atoms with van der Waals surface area (Å²) in [6.07, 6.45) is 7.02. The van der Waals surface area contributed by atoms with Crippen LogP contribution in [-0.4, -0.2) is 5.11 Å². The molecule has 1 aliphatic rings. The van der Waals surface area contributed by atoms with Crippen LogP contribution in [0.1, 0.15) is 25.5 Å². The van der Waals surface area contributed by atoms with E-state index in [2.05, 4.69) is 0 Å². The molecule has 0 spiro atoms. The van der Waals surface area contributed by atoms with Crippen molar-refractivity contribution in [3.8, 4) is 0 Å². The average molecular weight is 272 g/mol. The standard InChI is InChI=1S/C7H9O.C7H8O.Fe/c2*1-6(8)7-4-2-3-5-7;/h2-6,8H,1H3;2-5,8H,1H3;/q-1;;+2/p-1. The van der Waals surface area contributed by atoms with Gasteiger partial charge in [-0.1, -0.05) is 31.2 Å². The van der Waals surface area contributed by atoms with Crippen LogP contribution in [0.25, 0.3) is 0 Å². The van der Waals surface area contributed by atoms with Gasteiger partial charge < -0.3 is 10.2 Å². The summed E-state index contributed by atoms with van der Waals surface area (Å²) < 4.78 is 0. The van der Waals surface area contributed by atoms with E-state index in [0.717, 1.165) is 11.1 Å². The first-order chi connectivity index (χ1) is 7.61. The van der Waals surface area contributed by atoms with Crippen molar-refractivity contribution in [2.24, 2.45) is 0 Å². The molecule has 1 N–H and O–H groups in total. The second-order valence-electron chi connectivity index (χ2n) is 3.62. The van der Waals surface area contributed by atoms with Crippen molar-refractivity contribution in [1.29, 1.82) is 0 Å². The molecule has 1 aromatic carbocycles. The van der Waals surface area contributed by atoms with Gasteiger partial charge in [0.1, 0.15) is 0 Å². The van der Waals surface area contributed by atoms with Crippen LogP contribution < -0.4 is 5.11 Å². The first-order valence-corrected chi connectivity index (χ1v) is 5.23. The Morgan fingerprint density at radius 3 is 2.18 bits per heavy atom. The van der Waals surface area contributed by atoms with Crippen LogP contribution >= 0.6 is 0 Å². The normalized spacial score (nSPS) is 13.7. The second-order valence-corrected chi connectivity index (χ2v) is 3.62. The molecule has 17 heavy (non-hydrogen) atoms. The Morgan fingerprint density at radius 1 is 1.35 bits per heavy atom. The third kappa shape index (κ3) is 5.64. The zero-order valence-electron chi connectivity index (χ0n) is 9.91. The van der Waals surface area contributed by atoms with Crippen molar-refractivity contribution in [2.75, 3.05) is 0 Å². The van der Waals surface area contributed by atoms with Gasteiger partial charge in [0.05, 0.1) is 6.10 Å². The first-order valence-electron chi connectivity index (χ1n) is 5.23. The van der Waals surface area contributed by atoms with Gasteiger partial charge in [-0.2, -0.15) is 12.1 Å². The molecule has 0 aliphatic heterocycles. The van der Waals surface area contributed by atoms with Gasteiger partial charge in [-0.3, -0.25) is 0 Å². The van der Waals surface area contributed by atoms with Crippen molar-refractivity contribution in [3.63, 3.8) is 0 Å². The Bertz CT molecular complexity index is 380. The molecular weight excluding hydrogens is 256 g/mol. The van der Waals surface area contributed by atoms with E-state index in [1.807, 2.05) is 48.6 Å². The summed E-state index contributed by atoms with van der Waals surface area (Å²) in [6, 6.07) is 7.65. The van der Waals surface area contributed by atoms with Gasteiger partial charge >= 0.3 is 17.1 Å². The molecule has 92 valence electrons. The Hall–Kier alpha value is -1.15. The van der Waals surface area contributed by atoms with Gasteiger partial charge in [-0.25, -0.2) is 12.1 Å². The van der Waals surface area contributed by atoms with Crippen LogP contribution in [0.2, 0.25) is 0 Å². The molecule has 0 heterocycles. The van der Waals surface area contributed by atoms with E-state index >= 15 is 0 Å². The second kappa shape index (κ2) is 8.02. The number of rotatable bonds is 1. The van der Waals surface area contributed by atoms with Gasteiger partial charge in [-0.05, 0) is 12.5 Å². The molecule has 3 heteroatoms. The molecule has 0 saturated heterocycles. The minimum Gasteiger partial charge on any atom is -0.875 e. The minimum atomic E-state index is -0.315. The Kier molecular flexibility index (Phi) is 7.47. The molecule has 1 aromatic rings. The summed E-state index contributed by atoms with van der Waals surface area (Å²) in [5.41, 5.74) is 1.79. The predicted molar refractivity (Wildman–Crippen MR) is 63.6 cm³/mol. The van der Waals surface area contributed by atoms with E-state index in [4.69, 9.17) is 5.11 Å². The van der Waals surface area contributed by atoms with E-state index in [1.54, 1.807) is 13.8 Å². The predicted octanol–water partition coefficient (Wildman–Crippen LogP) is 2.20. The molecule has 0 radical (unpaired) electrons.